The third-order valence-corrected chi connectivity index (χ3v) is 0. The molecule has 0 bridgehead atoms. The van der Waals surface area contributed by atoms with Crippen LogP contribution in [0.1, 0.15) is 0 Å². The smallest absolute Gasteiger partial charge is 0.303 e. The standard InChI is InChI=1S/2H3O4P.Zn/c2*1-5(2,3)4;/h2*(H3,1,2,3,4);. The number of hydrogen-bond donors (Lipinski definition) is 6. The van der Waals surface area contributed by atoms with Gasteiger partial charge < -0.3 is 29.4 Å². The molecular weight excluding hydrogens is 255 g/mol. The van der Waals surface area contributed by atoms with Gasteiger partial charge in [0.1, 0.15) is 0 Å². The summed E-state index contributed by atoms with van der Waals surface area (Å²) in [6, 6.07) is 0. The maximum Gasteiger partial charge on any atom is 0.466 e. The molecule has 0 aromatic heterocycles. The van der Waals surface area contributed by atoms with E-state index in [0.29, 0.717) is 0 Å². The Morgan fingerprint density at radius 2 is 0.636 bits per heavy atom. The van der Waals surface area contributed by atoms with Gasteiger partial charge in [-0.2, -0.15) is 0 Å². The molecule has 0 aromatic rings. The van der Waals surface area contributed by atoms with Crippen LogP contribution in [0, 0.1) is 0 Å². The number of phosphoric acid groups is 2. The van der Waals surface area contributed by atoms with Crippen LogP contribution in [0.2, 0.25) is 0 Å². The van der Waals surface area contributed by atoms with Gasteiger partial charge in [-0.05, 0) is 0 Å². The first-order valence-corrected chi connectivity index (χ1v) is 4.70. The maximum atomic E-state index is 8.88. The second kappa shape index (κ2) is 6.37. The summed E-state index contributed by atoms with van der Waals surface area (Å²) < 4.78 is 17.8. The number of hydrogen-bond acceptors (Lipinski definition) is 2. The zero-order valence-corrected chi connectivity index (χ0v) is 9.86. The van der Waals surface area contributed by atoms with Crippen molar-refractivity contribution in [1.29, 1.82) is 0 Å². The Morgan fingerprint density at radius 1 is 0.636 bits per heavy atom. The molecule has 0 unspecified atom stereocenters. The van der Waals surface area contributed by atoms with Crippen LogP contribution < -0.4 is 0 Å². The third-order valence-electron chi connectivity index (χ3n) is 0. The van der Waals surface area contributed by atoms with E-state index in [4.69, 9.17) is 38.5 Å². The van der Waals surface area contributed by atoms with Gasteiger partial charge >= 0.3 is 15.6 Å². The molecule has 0 aromatic carbocycles. The van der Waals surface area contributed by atoms with E-state index >= 15 is 0 Å². The average Bonchev–Trinajstić information content (AvgIpc) is 1.12. The van der Waals surface area contributed by atoms with Crippen molar-refractivity contribution >= 4 is 15.6 Å². The maximum absolute atomic E-state index is 8.88. The van der Waals surface area contributed by atoms with E-state index in [1.807, 2.05) is 0 Å². The van der Waals surface area contributed by atoms with Crippen LogP contribution in [-0.2, 0) is 28.6 Å². The molecule has 0 aliphatic rings. The molecule has 0 radical (unpaired) electrons. The minimum Gasteiger partial charge on any atom is -0.303 e. The Hall–Kier alpha value is 0.843. The summed E-state index contributed by atoms with van der Waals surface area (Å²) in [6.07, 6.45) is 0. The normalized spacial score (nSPS) is 10.7. The van der Waals surface area contributed by atoms with E-state index in [2.05, 4.69) is 0 Å². The molecule has 0 atom stereocenters. The van der Waals surface area contributed by atoms with E-state index < -0.39 is 15.6 Å². The molecule has 0 aliphatic carbocycles. The molecule has 0 saturated carbocycles. The minimum absolute atomic E-state index is 0. The van der Waals surface area contributed by atoms with Crippen molar-refractivity contribution in [2.75, 3.05) is 0 Å². The predicted octanol–water partition coefficient (Wildman–Crippen LogP) is -1.86. The Labute approximate surface area is 74.1 Å². The molecule has 0 aliphatic heterocycles. The fourth-order valence-corrected chi connectivity index (χ4v) is 0. The Bertz CT molecular complexity index is 124. The van der Waals surface area contributed by atoms with Gasteiger partial charge in [-0.1, -0.05) is 0 Å². The first kappa shape index (κ1) is 17.8. The third kappa shape index (κ3) is 1190. The first-order valence-electron chi connectivity index (χ1n) is 1.57. The summed E-state index contributed by atoms with van der Waals surface area (Å²) in [4.78, 5) is 43.1. The first-order chi connectivity index (χ1) is 4.00. The van der Waals surface area contributed by atoms with Crippen LogP contribution in [-0.4, -0.2) is 29.4 Å². The summed E-state index contributed by atoms with van der Waals surface area (Å²) >= 11 is 0. The zero-order valence-electron chi connectivity index (χ0n) is 5.10. The topological polar surface area (TPSA) is 156 Å². The van der Waals surface area contributed by atoms with E-state index in [1.165, 1.54) is 0 Å². The molecule has 11 heavy (non-hydrogen) atoms. The van der Waals surface area contributed by atoms with Crippen molar-refractivity contribution in [3.8, 4) is 0 Å². The van der Waals surface area contributed by atoms with Crippen molar-refractivity contribution in [3.05, 3.63) is 0 Å². The predicted molar refractivity (Wildman–Crippen MR) is 28.5 cm³/mol. The molecule has 66 valence electrons. The Kier molecular flexibility index (Phi) is 10.3. The van der Waals surface area contributed by atoms with Gasteiger partial charge in [-0.15, -0.1) is 0 Å². The van der Waals surface area contributed by atoms with Crippen LogP contribution in [0.3, 0.4) is 0 Å². The SMILES string of the molecule is O=P(O)(O)O.O=P(O)(O)O.[Zn]. The van der Waals surface area contributed by atoms with Gasteiger partial charge in [-0.25, -0.2) is 9.13 Å². The summed E-state index contributed by atoms with van der Waals surface area (Å²) in [7, 11) is -9.28. The fourth-order valence-electron chi connectivity index (χ4n) is 0. The molecule has 6 N–H and O–H groups in total. The molecule has 0 rings (SSSR count). The van der Waals surface area contributed by atoms with Gasteiger partial charge in [0.25, 0.3) is 0 Å². The number of rotatable bonds is 0. The van der Waals surface area contributed by atoms with Crippen LogP contribution >= 0.6 is 15.6 Å². The second-order valence-electron chi connectivity index (χ2n) is 1.03. The van der Waals surface area contributed by atoms with Crippen LogP contribution in [0.25, 0.3) is 0 Å². The molecule has 0 saturated heterocycles. The van der Waals surface area contributed by atoms with Gasteiger partial charge in [0.05, 0.1) is 0 Å². The monoisotopic (exact) mass is 260 g/mol. The summed E-state index contributed by atoms with van der Waals surface area (Å²) in [6.45, 7) is 0. The quantitative estimate of drug-likeness (QED) is 0.219. The van der Waals surface area contributed by atoms with E-state index in [1.54, 1.807) is 0 Å². The molecule has 0 spiro atoms. The molecule has 0 amide bonds. The zero-order chi connectivity index (χ0) is 9.00. The fraction of sp³-hybridized carbons (Fsp3) is 0. The van der Waals surface area contributed by atoms with Gasteiger partial charge in [0.15, 0.2) is 0 Å². The molecule has 8 nitrogen and oxygen atoms in total. The van der Waals surface area contributed by atoms with E-state index in [9.17, 15) is 0 Å². The Balaban J connectivity index is -0.000000107. The van der Waals surface area contributed by atoms with E-state index in [0.717, 1.165) is 0 Å². The van der Waals surface area contributed by atoms with Crippen molar-refractivity contribution in [3.63, 3.8) is 0 Å². The largest absolute Gasteiger partial charge is 0.466 e. The van der Waals surface area contributed by atoms with Crippen LogP contribution in [0.5, 0.6) is 0 Å². The minimum atomic E-state index is -4.64. The molecule has 11 heteroatoms. The van der Waals surface area contributed by atoms with Gasteiger partial charge in [-0.3, -0.25) is 0 Å². The van der Waals surface area contributed by atoms with E-state index in [-0.39, 0.29) is 19.5 Å². The van der Waals surface area contributed by atoms with Crippen molar-refractivity contribution in [1.82, 2.24) is 0 Å². The van der Waals surface area contributed by atoms with Crippen LogP contribution in [0.15, 0.2) is 0 Å². The van der Waals surface area contributed by atoms with Gasteiger partial charge in [0.2, 0.25) is 0 Å². The average molecular weight is 261 g/mol. The molecular formula is H6O8P2Zn. The van der Waals surface area contributed by atoms with Crippen molar-refractivity contribution in [2.24, 2.45) is 0 Å². The summed E-state index contributed by atoms with van der Waals surface area (Å²) in [5.41, 5.74) is 0. The van der Waals surface area contributed by atoms with Crippen molar-refractivity contribution in [2.45, 2.75) is 0 Å². The van der Waals surface area contributed by atoms with Crippen molar-refractivity contribution < 1.29 is 58.0 Å². The summed E-state index contributed by atoms with van der Waals surface area (Å²) in [5.74, 6) is 0. The summed E-state index contributed by atoms with van der Waals surface area (Å²) in [5, 5.41) is 0. The Morgan fingerprint density at radius 3 is 0.636 bits per heavy atom. The second-order valence-corrected chi connectivity index (χ2v) is 3.08. The van der Waals surface area contributed by atoms with Gasteiger partial charge in [0, 0.05) is 19.5 Å². The molecule has 0 fully saturated rings. The molecule has 0 heterocycles. The van der Waals surface area contributed by atoms with Crippen LogP contribution in [0.4, 0.5) is 0 Å².